The largest absolute Gasteiger partial charge is 0.402 e. The number of benzene rings is 1. The predicted octanol–water partition coefficient (Wildman–Crippen LogP) is 2.26. The number of nitrogens with zero attached hydrogens (tertiary/aromatic N) is 1. The molecule has 4 heteroatoms. The molecule has 1 rings (SSSR count). The minimum atomic E-state index is -0.241. The molecule has 0 heterocycles. The molecule has 0 amide bonds. The quantitative estimate of drug-likeness (QED) is 0.742. The smallest absolute Gasteiger partial charge is 0.110 e. The second-order valence-corrected chi connectivity index (χ2v) is 3.57. The molecule has 80 valence electrons. The van der Waals surface area contributed by atoms with Crippen molar-refractivity contribution in [1.29, 1.82) is 0 Å². The van der Waals surface area contributed by atoms with Gasteiger partial charge in [-0.2, -0.15) is 0 Å². The van der Waals surface area contributed by atoms with E-state index < -0.39 is 0 Å². The van der Waals surface area contributed by atoms with E-state index in [1.54, 1.807) is 25.1 Å². The zero-order chi connectivity index (χ0) is 11.4. The predicted molar refractivity (Wildman–Crippen MR) is 61.5 cm³/mol. The van der Waals surface area contributed by atoms with E-state index in [1.165, 1.54) is 0 Å². The molecule has 0 spiro atoms. The number of allylic oxidation sites excluding steroid dienone is 1. The van der Waals surface area contributed by atoms with Crippen molar-refractivity contribution in [2.45, 2.75) is 19.9 Å². The maximum Gasteiger partial charge on any atom is 0.110 e. The van der Waals surface area contributed by atoms with Crippen LogP contribution in [0.5, 0.6) is 0 Å². The molecule has 1 atom stereocenters. The van der Waals surface area contributed by atoms with Crippen LogP contribution >= 0.6 is 0 Å². The van der Waals surface area contributed by atoms with E-state index in [1.807, 2.05) is 13.0 Å². The van der Waals surface area contributed by atoms with E-state index in [-0.39, 0.29) is 6.04 Å². The molecule has 0 aromatic heterocycles. The molecule has 0 aliphatic rings. The number of nitroso groups, excluding NO2 is 1. The monoisotopic (exact) mass is 205 g/mol. The van der Waals surface area contributed by atoms with Gasteiger partial charge in [-0.15, -0.1) is 4.91 Å². The lowest BCUT2D eigenvalue weighted by molar-refractivity contribution is 0.894. The molecule has 1 unspecified atom stereocenters. The van der Waals surface area contributed by atoms with Crippen molar-refractivity contribution in [3.63, 3.8) is 0 Å². The van der Waals surface area contributed by atoms with E-state index in [2.05, 4.69) is 5.18 Å². The Morgan fingerprint density at radius 2 is 2.20 bits per heavy atom. The third kappa shape index (κ3) is 2.89. The summed E-state index contributed by atoms with van der Waals surface area (Å²) in [6.07, 6.45) is 1.77. The highest BCUT2D eigenvalue weighted by Gasteiger charge is 2.05. The summed E-state index contributed by atoms with van der Waals surface area (Å²) in [6, 6.07) is 5.06. The van der Waals surface area contributed by atoms with E-state index in [9.17, 15) is 4.91 Å². The SMILES string of the molecule is C/C(N)=C/C(N)c1ccc(N=O)c(C)c1. The van der Waals surface area contributed by atoms with Gasteiger partial charge in [0.15, 0.2) is 0 Å². The summed E-state index contributed by atoms with van der Waals surface area (Å²) in [4.78, 5) is 10.4. The van der Waals surface area contributed by atoms with E-state index in [0.717, 1.165) is 11.1 Å². The van der Waals surface area contributed by atoms with Gasteiger partial charge in [-0.1, -0.05) is 12.1 Å². The fourth-order valence-electron chi connectivity index (χ4n) is 1.37. The van der Waals surface area contributed by atoms with Gasteiger partial charge < -0.3 is 11.5 Å². The van der Waals surface area contributed by atoms with Crippen LogP contribution in [0.2, 0.25) is 0 Å². The minimum Gasteiger partial charge on any atom is -0.402 e. The van der Waals surface area contributed by atoms with Crippen LogP contribution < -0.4 is 11.5 Å². The molecule has 0 aliphatic heterocycles. The van der Waals surface area contributed by atoms with Gasteiger partial charge in [-0.05, 0) is 42.3 Å². The summed E-state index contributed by atoms with van der Waals surface area (Å²) in [5, 5.41) is 2.90. The van der Waals surface area contributed by atoms with Crippen molar-refractivity contribution >= 4 is 5.69 Å². The maximum atomic E-state index is 10.4. The van der Waals surface area contributed by atoms with Gasteiger partial charge in [0.1, 0.15) is 5.69 Å². The lowest BCUT2D eigenvalue weighted by atomic mass is 10.0. The molecule has 15 heavy (non-hydrogen) atoms. The molecular formula is C11H15N3O. The second-order valence-electron chi connectivity index (χ2n) is 3.57. The number of rotatable bonds is 3. The van der Waals surface area contributed by atoms with Crippen LogP contribution in [-0.4, -0.2) is 0 Å². The first kappa shape index (κ1) is 11.4. The maximum absolute atomic E-state index is 10.4. The Bertz CT molecular complexity index is 395. The number of aryl methyl sites for hydroxylation is 1. The molecule has 0 fully saturated rings. The molecule has 0 radical (unpaired) electrons. The minimum absolute atomic E-state index is 0.241. The molecule has 4 N–H and O–H groups in total. The molecule has 4 nitrogen and oxygen atoms in total. The van der Waals surface area contributed by atoms with Crippen molar-refractivity contribution in [3.8, 4) is 0 Å². The number of hydrogen-bond donors (Lipinski definition) is 2. The molecule has 1 aromatic rings. The highest BCUT2D eigenvalue weighted by Crippen LogP contribution is 2.22. The Kier molecular flexibility index (Phi) is 3.57. The fourth-order valence-corrected chi connectivity index (χ4v) is 1.37. The Labute approximate surface area is 88.9 Å². The van der Waals surface area contributed by atoms with Crippen molar-refractivity contribution in [1.82, 2.24) is 0 Å². The number of hydrogen-bond acceptors (Lipinski definition) is 4. The summed E-state index contributed by atoms with van der Waals surface area (Å²) < 4.78 is 0. The fraction of sp³-hybridized carbons (Fsp3) is 0.273. The summed E-state index contributed by atoms with van der Waals surface area (Å²) in [5.41, 5.74) is 14.3. The van der Waals surface area contributed by atoms with Crippen LogP contribution in [0.3, 0.4) is 0 Å². The summed E-state index contributed by atoms with van der Waals surface area (Å²) in [7, 11) is 0. The molecule has 0 bridgehead atoms. The molecule has 0 saturated carbocycles. The van der Waals surface area contributed by atoms with E-state index in [4.69, 9.17) is 11.5 Å². The van der Waals surface area contributed by atoms with Gasteiger partial charge >= 0.3 is 0 Å². The first-order valence-corrected chi connectivity index (χ1v) is 4.68. The van der Waals surface area contributed by atoms with Crippen molar-refractivity contribution in [3.05, 3.63) is 46.0 Å². The van der Waals surface area contributed by atoms with Crippen molar-refractivity contribution in [2.24, 2.45) is 16.6 Å². The molecular weight excluding hydrogens is 190 g/mol. The lowest BCUT2D eigenvalue weighted by Gasteiger charge is -2.09. The third-order valence-corrected chi connectivity index (χ3v) is 2.15. The normalized spacial score (nSPS) is 13.7. The highest BCUT2D eigenvalue weighted by molar-refractivity contribution is 5.47. The van der Waals surface area contributed by atoms with Crippen LogP contribution in [0.25, 0.3) is 0 Å². The van der Waals surface area contributed by atoms with Crippen LogP contribution in [0.1, 0.15) is 24.1 Å². The highest BCUT2D eigenvalue weighted by atomic mass is 16.3. The van der Waals surface area contributed by atoms with Crippen LogP contribution in [0, 0.1) is 11.8 Å². The number of nitrogens with two attached hydrogens (primary N) is 2. The Balaban J connectivity index is 3.02. The van der Waals surface area contributed by atoms with Gasteiger partial charge in [-0.3, -0.25) is 0 Å². The zero-order valence-corrected chi connectivity index (χ0v) is 8.90. The molecule has 0 aliphatic carbocycles. The average molecular weight is 205 g/mol. The van der Waals surface area contributed by atoms with Crippen LogP contribution in [0.4, 0.5) is 5.69 Å². The first-order valence-electron chi connectivity index (χ1n) is 4.68. The standard InChI is InChI=1S/C11H15N3O/c1-7-5-9(3-4-11(7)14-15)10(13)6-8(2)12/h3-6,10H,12-13H2,1-2H3/b8-6-. The van der Waals surface area contributed by atoms with Gasteiger partial charge in [0.05, 0.1) is 6.04 Å². The van der Waals surface area contributed by atoms with Crippen LogP contribution in [0.15, 0.2) is 35.1 Å². The summed E-state index contributed by atoms with van der Waals surface area (Å²) >= 11 is 0. The van der Waals surface area contributed by atoms with Gasteiger partial charge in [0.2, 0.25) is 0 Å². The lowest BCUT2D eigenvalue weighted by Crippen LogP contribution is -2.09. The Morgan fingerprint density at radius 1 is 1.53 bits per heavy atom. The zero-order valence-electron chi connectivity index (χ0n) is 8.90. The topological polar surface area (TPSA) is 81.5 Å². The van der Waals surface area contributed by atoms with Crippen LogP contribution in [-0.2, 0) is 0 Å². The van der Waals surface area contributed by atoms with Gasteiger partial charge in [-0.25, -0.2) is 0 Å². The Hall–Kier alpha value is -1.68. The van der Waals surface area contributed by atoms with Gasteiger partial charge in [0, 0.05) is 5.70 Å². The summed E-state index contributed by atoms with van der Waals surface area (Å²) in [5.74, 6) is 0. The van der Waals surface area contributed by atoms with E-state index in [0.29, 0.717) is 11.4 Å². The molecule has 1 aromatic carbocycles. The van der Waals surface area contributed by atoms with Gasteiger partial charge in [0.25, 0.3) is 0 Å². The first-order chi connectivity index (χ1) is 7.04. The molecule has 0 saturated heterocycles. The Morgan fingerprint density at radius 3 is 2.67 bits per heavy atom. The average Bonchev–Trinajstić information content (AvgIpc) is 2.16. The second kappa shape index (κ2) is 4.70. The van der Waals surface area contributed by atoms with Crippen molar-refractivity contribution in [2.75, 3.05) is 0 Å². The summed E-state index contributed by atoms with van der Waals surface area (Å²) in [6.45, 7) is 3.61. The van der Waals surface area contributed by atoms with E-state index >= 15 is 0 Å². The third-order valence-electron chi connectivity index (χ3n) is 2.15. The van der Waals surface area contributed by atoms with Crippen molar-refractivity contribution < 1.29 is 0 Å².